The number of anilines is 1. The van der Waals surface area contributed by atoms with E-state index in [0.717, 1.165) is 0 Å². The molecule has 1 aromatic carbocycles. The molecule has 0 bridgehead atoms. The zero-order valence-corrected chi connectivity index (χ0v) is 6.22. The van der Waals surface area contributed by atoms with Gasteiger partial charge in [0.1, 0.15) is 13.6 Å². The zero-order chi connectivity index (χ0) is 8.72. The number of carbonyl (C=O) groups excluding carboxylic acids is 1. The molecule has 12 heavy (non-hydrogen) atoms. The average Bonchev–Trinajstić information content (AvgIpc) is 2.31. The first-order valence-electron chi connectivity index (χ1n) is 3.48. The number of amides is 1. The van der Waals surface area contributed by atoms with E-state index in [1.807, 2.05) is 0 Å². The molecule has 0 fully saturated rings. The fraction of sp³-hybridized carbons (Fsp3) is 0. The highest BCUT2D eigenvalue weighted by atomic mass is 16.2. The summed E-state index contributed by atoms with van der Waals surface area (Å²) in [6, 6.07) is 5.01. The van der Waals surface area contributed by atoms with Gasteiger partial charge in [-0.1, -0.05) is 17.6 Å². The summed E-state index contributed by atoms with van der Waals surface area (Å²) in [5.74, 6) is -0.365. The predicted octanol–water partition coefficient (Wildman–Crippen LogP) is -0.200. The molecule has 0 atom stereocenters. The van der Waals surface area contributed by atoms with Crippen LogP contribution < -0.4 is 10.8 Å². The van der Waals surface area contributed by atoms with Crippen LogP contribution in [-0.4, -0.2) is 19.5 Å². The van der Waals surface area contributed by atoms with Crippen LogP contribution in [0.4, 0.5) is 5.69 Å². The lowest BCUT2D eigenvalue weighted by Crippen LogP contribution is -2.12. The normalized spacial score (nSPS) is 14.3. The standard InChI is InChI=1S/C8H5BN2O/c9-4-1-2-6-5(3-4)7(10)8(12)11-6/h1-3H,(H2,10,11,12). The summed E-state index contributed by atoms with van der Waals surface area (Å²) in [5.41, 5.74) is 1.80. The van der Waals surface area contributed by atoms with E-state index in [2.05, 4.69) is 5.32 Å². The lowest BCUT2D eigenvalue weighted by Gasteiger charge is -1.97. The number of benzene rings is 1. The predicted molar refractivity (Wildman–Crippen MR) is 47.3 cm³/mol. The number of rotatable bonds is 0. The van der Waals surface area contributed by atoms with Crippen LogP contribution >= 0.6 is 0 Å². The van der Waals surface area contributed by atoms with Crippen molar-refractivity contribution in [2.75, 3.05) is 5.32 Å². The summed E-state index contributed by atoms with van der Waals surface area (Å²) in [5, 5.41) is 9.92. The van der Waals surface area contributed by atoms with Crippen LogP contribution in [0.3, 0.4) is 0 Å². The first kappa shape index (κ1) is 7.09. The van der Waals surface area contributed by atoms with Gasteiger partial charge in [-0.05, 0) is 6.07 Å². The monoisotopic (exact) mass is 156 g/mol. The van der Waals surface area contributed by atoms with Crippen molar-refractivity contribution in [3.63, 3.8) is 0 Å². The van der Waals surface area contributed by atoms with Gasteiger partial charge in [-0.15, -0.1) is 0 Å². The molecule has 0 saturated carbocycles. The Hall–Kier alpha value is -1.58. The van der Waals surface area contributed by atoms with Crippen molar-refractivity contribution in [1.29, 1.82) is 5.41 Å². The molecule has 2 radical (unpaired) electrons. The van der Waals surface area contributed by atoms with Crippen molar-refractivity contribution < 1.29 is 4.79 Å². The summed E-state index contributed by atoms with van der Waals surface area (Å²) in [4.78, 5) is 11.0. The zero-order valence-electron chi connectivity index (χ0n) is 6.22. The van der Waals surface area contributed by atoms with E-state index in [4.69, 9.17) is 13.3 Å². The highest BCUT2D eigenvalue weighted by Crippen LogP contribution is 2.20. The summed E-state index contributed by atoms with van der Waals surface area (Å²) in [6.07, 6.45) is 0. The molecule has 0 aromatic heterocycles. The van der Waals surface area contributed by atoms with Crippen molar-refractivity contribution in [1.82, 2.24) is 0 Å². The summed E-state index contributed by atoms with van der Waals surface area (Å²) < 4.78 is 0. The molecule has 1 heterocycles. The van der Waals surface area contributed by atoms with Crippen LogP contribution in [0.2, 0.25) is 0 Å². The first-order chi connectivity index (χ1) is 5.68. The third kappa shape index (κ3) is 0.846. The molecule has 1 amide bonds. The molecule has 1 aliphatic heterocycles. The maximum absolute atomic E-state index is 11.0. The minimum absolute atomic E-state index is 0.0164. The van der Waals surface area contributed by atoms with Gasteiger partial charge < -0.3 is 5.32 Å². The molecule has 1 aromatic rings. The second kappa shape index (κ2) is 2.20. The van der Waals surface area contributed by atoms with E-state index in [1.165, 1.54) is 0 Å². The van der Waals surface area contributed by atoms with Gasteiger partial charge >= 0.3 is 0 Å². The fourth-order valence-corrected chi connectivity index (χ4v) is 1.18. The number of fused-ring (bicyclic) bond motifs is 1. The van der Waals surface area contributed by atoms with Crippen molar-refractivity contribution in [3.05, 3.63) is 23.8 Å². The highest BCUT2D eigenvalue weighted by molar-refractivity contribution is 6.53. The van der Waals surface area contributed by atoms with Crippen LogP contribution in [0, 0.1) is 5.41 Å². The van der Waals surface area contributed by atoms with Gasteiger partial charge in [0.25, 0.3) is 5.91 Å². The third-order valence-corrected chi connectivity index (χ3v) is 1.79. The van der Waals surface area contributed by atoms with Gasteiger partial charge in [0.05, 0.1) is 5.69 Å². The lowest BCUT2D eigenvalue weighted by atomic mass is 9.93. The molecular weight excluding hydrogens is 151 g/mol. The molecule has 0 spiro atoms. The molecular formula is C8H5BN2O. The SMILES string of the molecule is [B]c1ccc2c(c1)C(=N)C(=O)N2. The van der Waals surface area contributed by atoms with E-state index in [-0.39, 0.29) is 11.6 Å². The van der Waals surface area contributed by atoms with Crippen molar-refractivity contribution in [2.45, 2.75) is 0 Å². The molecule has 2 N–H and O–H groups in total. The number of nitrogens with one attached hydrogen (secondary N) is 2. The molecule has 3 nitrogen and oxygen atoms in total. The maximum atomic E-state index is 11.0. The maximum Gasteiger partial charge on any atom is 0.274 e. The van der Waals surface area contributed by atoms with Crippen LogP contribution in [0.25, 0.3) is 0 Å². The van der Waals surface area contributed by atoms with Crippen molar-refractivity contribution in [2.24, 2.45) is 0 Å². The van der Waals surface area contributed by atoms with E-state index < -0.39 is 0 Å². The van der Waals surface area contributed by atoms with E-state index >= 15 is 0 Å². The quantitative estimate of drug-likeness (QED) is 0.502. The minimum Gasteiger partial charge on any atom is -0.320 e. The van der Waals surface area contributed by atoms with Gasteiger partial charge in [0.15, 0.2) is 0 Å². The number of hydrogen-bond acceptors (Lipinski definition) is 2. The number of carbonyl (C=O) groups is 1. The van der Waals surface area contributed by atoms with Gasteiger partial charge in [-0.25, -0.2) is 0 Å². The van der Waals surface area contributed by atoms with E-state index in [9.17, 15) is 4.79 Å². The smallest absolute Gasteiger partial charge is 0.274 e. The van der Waals surface area contributed by atoms with Crippen molar-refractivity contribution in [3.8, 4) is 0 Å². The van der Waals surface area contributed by atoms with Crippen LogP contribution in [0.15, 0.2) is 18.2 Å². The Labute approximate surface area is 70.7 Å². The van der Waals surface area contributed by atoms with Gasteiger partial charge in [0, 0.05) is 5.56 Å². The van der Waals surface area contributed by atoms with Gasteiger partial charge in [0.2, 0.25) is 0 Å². The Kier molecular flexibility index (Phi) is 1.30. The molecule has 0 unspecified atom stereocenters. The molecule has 0 saturated heterocycles. The highest BCUT2D eigenvalue weighted by Gasteiger charge is 2.23. The summed E-state index contributed by atoms with van der Waals surface area (Å²) in [6.45, 7) is 0. The Morgan fingerprint density at radius 3 is 2.92 bits per heavy atom. The Balaban J connectivity index is 2.63. The summed E-state index contributed by atoms with van der Waals surface area (Å²) in [7, 11) is 5.50. The molecule has 56 valence electrons. The minimum atomic E-state index is -0.365. The Bertz CT molecular complexity index is 387. The van der Waals surface area contributed by atoms with Crippen molar-refractivity contribution >= 4 is 30.6 Å². The average molecular weight is 156 g/mol. The molecule has 4 heteroatoms. The second-order valence-electron chi connectivity index (χ2n) is 2.63. The largest absolute Gasteiger partial charge is 0.320 e. The second-order valence-corrected chi connectivity index (χ2v) is 2.63. The fourth-order valence-electron chi connectivity index (χ4n) is 1.18. The van der Waals surface area contributed by atoms with Crippen LogP contribution in [0.1, 0.15) is 5.56 Å². The number of hydrogen-bond donors (Lipinski definition) is 2. The molecule has 2 rings (SSSR count). The first-order valence-corrected chi connectivity index (χ1v) is 3.48. The van der Waals surface area contributed by atoms with Crippen LogP contribution in [-0.2, 0) is 4.79 Å². The van der Waals surface area contributed by atoms with Gasteiger partial charge in [-0.3, -0.25) is 10.2 Å². The third-order valence-electron chi connectivity index (χ3n) is 1.79. The summed E-state index contributed by atoms with van der Waals surface area (Å²) >= 11 is 0. The van der Waals surface area contributed by atoms with Crippen LogP contribution in [0.5, 0.6) is 0 Å². The topological polar surface area (TPSA) is 53.0 Å². The molecule has 0 aliphatic carbocycles. The Morgan fingerprint density at radius 1 is 1.42 bits per heavy atom. The lowest BCUT2D eigenvalue weighted by molar-refractivity contribution is -0.110. The van der Waals surface area contributed by atoms with Gasteiger partial charge in [-0.2, -0.15) is 0 Å². The van der Waals surface area contributed by atoms with E-state index in [1.54, 1.807) is 18.2 Å². The Morgan fingerprint density at radius 2 is 2.17 bits per heavy atom. The van der Waals surface area contributed by atoms with E-state index in [0.29, 0.717) is 16.7 Å². The molecule has 1 aliphatic rings.